The van der Waals surface area contributed by atoms with Crippen molar-refractivity contribution in [3.05, 3.63) is 12.2 Å². The maximum atomic E-state index is 3.76. The highest BCUT2D eigenvalue weighted by Gasteiger charge is 1.81. The Hall–Kier alpha value is -0.300. The molecule has 0 atom stereocenters. The third-order valence-electron chi connectivity index (χ3n) is 0.854. The molecule has 1 N–H and O–H groups in total. The summed E-state index contributed by atoms with van der Waals surface area (Å²) in [5, 5.41) is 3.23. The zero-order chi connectivity index (χ0) is 6.41. The van der Waals surface area contributed by atoms with Gasteiger partial charge in [0.25, 0.3) is 0 Å². The monoisotopic (exact) mass is 113 g/mol. The van der Waals surface area contributed by atoms with Crippen LogP contribution in [0.3, 0.4) is 0 Å². The van der Waals surface area contributed by atoms with Gasteiger partial charge in [-0.25, -0.2) is 0 Å². The van der Waals surface area contributed by atoms with Crippen molar-refractivity contribution in [1.29, 1.82) is 0 Å². The molecule has 0 spiro atoms. The molecule has 0 bridgehead atoms. The summed E-state index contributed by atoms with van der Waals surface area (Å²) in [6.07, 6.45) is 1.20. The summed E-state index contributed by atoms with van der Waals surface area (Å²) in [5.74, 6) is 0. The molecule has 0 fully saturated rings. The van der Waals surface area contributed by atoms with Crippen molar-refractivity contribution in [2.75, 3.05) is 13.1 Å². The van der Waals surface area contributed by atoms with Crippen LogP contribution < -0.4 is 5.32 Å². The van der Waals surface area contributed by atoms with Crippen molar-refractivity contribution in [2.45, 2.75) is 20.3 Å². The minimum Gasteiger partial charge on any atom is -0.313 e. The van der Waals surface area contributed by atoms with E-state index in [1.54, 1.807) is 0 Å². The Kier molecular flexibility index (Phi) is 4.67. The van der Waals surface area contributed by atoms with Crippen LogP contribution in [0, 0.1) is 0 Å². The van der Waals surface area contributed by atoms with Crippen LogP contribution in [-0.4, -0.2) is 13.1 Å². The average molecular weight is 113 g/mol. The topological polar surface area (TPSA) is 12.0 Å². The zero-order valence-electron chi connectivity index (χ0n) is 5.83. The Bertz CT molecular complexity index is 66.8. The highest BCUT2D eigenvalue weighted by atomic mass is 14.8. The Morgan fingerprint density at radius 1 is 1.62 bits per heavy atom. The van der Waals surface area contributed by atoms with Crippen LogP contribution in [0.5, 0.6) is 0 Å². The molecule has 0 heterocycles. The quantitative estimate of drug-likeness (QED) is 0.431. The Morgan fingerprint density at radius 2 is 2.25 bits per heavy atom. The summed E-state index contributed by atoms with van der Waals surface area (Å²) in [5.41, 5.74) is 1.21. The fourth-order valence-electron chi connectivity index (χ4n) is 0.479. The number of hydrogen-bond acceptors (Lipinski definition) is 1. The Morgan fingerprint density at radius 3 is 2.62 bits per heavy atom. The number of rotatable bonds is 4. The van der Waals surface area contributed by atoms with Crippen LogP contribution >= 0.6 is 0 Å². The second-order valence-corrected chi connectivity index (χ2v) is 2.13. The van der Waals surface area contributed by atoms with E-state index in [1.165, 1.54) is 12.0 Å². The molecule has 0 saturated carbocycles. The van der Waals surface area contributed by atoms with Crippen molar-refractivity contribution >= 4 is 0 Å². The maximum absolute atomic E-state index is 3.76. The second-order valence-electron chi connectivity index (χ2n) is 2.13. The molecule has 0 unspecified atom stereocenters. The third kappa shape index (κ3) is 5.70. The molecule has 0 aliphatic rings. The van der Waals surface area contributed by atoms with Crippen LogP contribution in [0.1, 0.15) is 20.3 Å². The van der Waals surface area contributed by atoms with Crippen LogP contribution in [-0.2, 0) is 0 Å². The molecule has 0 aromatic carbocycles. The summed E-state index contributed by atoms with van der Waals surface area (Å²) in [4.78, 5) is 0. The zero-order valence-corrected chi connectivity index (χ0v) is 5.83. The molecule has 0 radical (unpaired) electrons. The summed E-state index contributed by atoms with van der Waals surface area (Å²) in [6, 6.07) is 0. The van der Waals surface area contributed by atoms with Crippen LogP contribution in [0.4, 0.5) is 0 Å². The molecule has 0 aromatic heterocycles. The van der Waals surface area contributed by atoms with E-state index in [1.807, 2.05) is 6.92 Å². The van der Waals surface area contributed by atoms with Crippen molar-refractivity contribution < 1.29 is 0 Å². The predicted octanol–water partition coefficient (Wildman–Crippen LogP) is 1.56. The fourth-order valence-corrected chi connectivity index (χ4v) is 0.479. The largest absolute Gasteiger partial charge is 0.313 e. The lowest BCUT2D eigenvalue weighted by molar-refractivity contribution is 0.715. The molecular weight excluding hydrogens is 98.1 g/mol. The van der Waals surface area contributed by atoms with Gasteiger partial charge in [0, 0.05) is 6.54 Å². The third-order valence-corrected chi connectivity index (χ3v) is 0.854. The van der Waals surface area contributed by atoms with Gasteiger partial charge in [0.1, 0.15) is 0 Å². The van der Waals surface area contributed by atoms with Gasteiger partial charge < -0.3 is 5.32 Å². The molecule has 1 nitrogen and oxygen atoms in total. The normalized spacial score (nSPS) is 9.25. The minimum absolute atomic E-state index is 0.966. The van der Waals surface area contributed by atoms with Gasteiger partial charge in [-0.15, -0.1) is 0 Å². The minimum atomic E-state index is 0.966. The van der Waals surface area contributed by atoms with Crippen molar-refractivity contribution in [3.63, 3.8) is 0 Å². The predicted molar refractivity (Wildman–Crippen MR) is 38.0 cm³/mol. The molecule has 0 saturated heterocycles. The highest BCUT2D eigenvalue weighted by Crippen LogP contribution is 1.80. The summed E-state index contributed by atoms with van der Waals surface area (Å²) in [6.45, 7) is 10.0. The fraction of sp³-hybridized carbons (Fsp3) is 0.714. The summed E-state index contributed by atoms with van der Waals surface area (Å²) in [7, 11) is 0. The van der Waals surface area contributed by atoms with Gasteiger partial charge in [-0.05, 0) is 19.9 Å². The Labute approximate surface area is 51.8 Å². The SMILES string of the molecule is C=C(C)CNCCC. The van der Waals surface area contributed by atoms with E-state index in [-0.39, 0.29) is 0 Å². The second kappa shape index (κ2) is 4.85. The first-order chi connectivity index (χ1) is 3.77. The standard InChI is InChI=1S/C7H15N/c1-4-5-8-6-7(2)3/h8H,2,4-6H2,1,3H3. The van der Waals surface area contributed by atoms with E-state index in [0.29, 0.717) is 0 Å². The molecule has 0 aromatic rings. The van der Waals surface area contributed by atoms with E-state index < -0.39 is 0 Å². The van der Waals surface area contributed by atoms with Gasteiger partial charge in [-0.3, -0.25) is 0 Å². The first-order valence-corrected chi connectivity index (χ1v) is 3.12. The molecule has 0 aliphatic heterocycles. The molecule has 8 heavy (non-hydrogen) atoms. The molecule has 48 valence electrons. The van der Waals surface area contributed by atoms with Gasteiger partial charge in [-0.1, -0.05) is 19.1 Å². The molecule has 0 amide bonds. The maximum Gasteiger partial charge on any atom is 0.0159 e. The first-order valence-electron chi connectivity index (χ1n) is 3.12. The number of nitrogens with one attached hydrogen (secondary N) is 1. The van der Waals surface area contributed by atoms with Crippen LogP contribution in [0.25, 0.3) is 0 Å². The van der Waals surface area contributed by atoms with Gasteiger partial charge in [0.2, 0.25) is 0 Å². The lowest BCUT2D eigenvalue weighted by atomic mass is 10.3. The van der Waals surface area contributed by atoms with Crippen LogP contribution in [0.15, 0.2) is 12.2 Å². The lowest BCUT2D eigenvalue weighted by Crippen LogP contribution is -2.16. The van der Waals surface area contributed by atoms with Gasteiger partial charge >= 0.3 is 0 Å². The number of hydrogen-bond donors (Lipinski definition) is 1. The molecule has 1 heteroatoms. The summed E-state index contributed by atoms with van der Waals surface area (Å²) < 4.78 is 0. The highest BCUT2D eigenvalue weighted by molar-refractivity contribution is 4.90. The smallest absolute Gasteiger partial charge is 0.0159 e. The average Bonchev–Trinajstić information content (AvgIpc) is 1.66. The van der Waals surface area contributed by atoms with E-state index >= 15 is 0 Å². The van der Waals surface area contributed by atoms with Crippen molar-refractivity contribution in [2.24, 2.45) is 0 Å². The van der Waals surface area contributed by atoms with E-state index in [2.05, 4.69) is 18.8 Å². The van der Waals surface area contributed by atoms with E-state index in [4.69, 9.17) is 0 Å². The van der Waals surface area contributed by atoms with E-state index in [9.17, 15) is 0 Å². The van der Waals surface area contributed by atoms with Gasteiger partial charge in [0.05, 0.1) is 0 Å². The molecular formula is C7H15N. The van der Waals surface area contributed by atoms with Gasteiger partial charge in [-0.2, -0.15) is 0 Å². The first kappa shape index (κ1) is 7.70. The molecule has 0 aliphatic carbocycles. The van der Waals surface area contributed by atoms with Crippen molar-refractivity contribution in [3.8, 4) is 0 Å². The van der Waals surface area contributed by atoms with Crippen molar-refractivity contribution in [1.82, 2.24) is 5.32 Å². The summed E-state index contributed by atoms with van der Waals surface area (Å²) >= 11 is 0. The van der Waals surface area contributed by atoms with Crippen LogP contribution in [0.2, 0.25) is 0 Å². The lowest BCUT2D eigenvalue weighted by Gasteiger charge is -1.98. The van der Waals surface area contributed by atoms with Gasteiger partial charge in [0.15, 0.2) is 0 Å². The molecule has 0 rings (SSSR count). The van der Waals surface area contributed by atoms with E-state index in [0.717, 1.165) is 13.1 Å². The Balaban J connectivity index is 2.82.